The molecular weight excluding hydrogens is 288 g/mol. The van der Waals surface area contributed by atoms with Crippen LogP contribution in [0, 0.1) is 23.7 Å². The highest BCUT2D eigenvalue weighted by molar-refractivity contribution is 5.84. The highest BCUT2D eigenvalue weighted by Gasteiger charge is 2.68. The van der Waals surface area contributed by atoms with Crippen LogP contribution in [0.1, 0.15) is 49.7 Å². The van der Waals surface area contributed by atoms with Crippen LogP contribution in [-0.2, 0) is 20.7 Å². The lowest BCUT2D eigenvalue weighted by Crippen LogP contribution is -2.50. The Labute approximate surface area is 136 Å². The molecule has 3 heteroatoms. The summed E-state index contributed by atoms with van der Waals surface area (Å²) in [7, 11) is 0. The first-order valence-corrected chi connectivity index (χ1v) is 8.93. The van der Waals surface area contributed by atoms with Gasteiger partial charge in [0.1, 0.15) is 11.4 Å². The van der Waals surface area contributed by atoms with Gasteiger partial charge in [-0.2, -0.15) is 0 Å². The summed E-state index contributed by atoms with van der Waals surface area (Å²) >= 11 is 0. The van der Waals surface area contributed by atoms with Crippen molar-refractivity contribution in [2.75, 3.05) is 0 Å². The fourth-order valence-electron chi connectivity index (χ4n) is 6.45. The van der Waals surface area contributed by atoms with Crippen molar-refractivity contribution in [2.45, 2.75) is 50.5 Å². The Hall–Kier alpha value is -1.64. The van der Waals surface area contributed by atoms with Crippen LogP contribution in [0.5, 0.6) is 0 Å². The Bertz CT molecular complexity index is 709. The van der Waals surface area contributed by atoms with Crippen LogP contribution < -0.4 is 0 Å². The number of carbonyl (C=O) groups excluding carboxylic acids is 2. The highest BCUT2D eigenvalue weighted by atomic mass is 16.6. The fourth-order valence-corrected chi connectivity index (χ4v) is 6.45. The molecule has 5 rings (SSSR count). The van der Waals surface area contributed by atoms with Crippen LogP contribution in [0.2, 0.25) is 0 Å². The molecule has 1 spiro atoms. The van der Waals surface area contributed by atoms with E-state index in [4.69, 9.17) is 4.74 Å². The van der Waals surface area contributed by atoms with Crippen LogP contribution >= 0.6 is 0 Å². The normalized spacial score (nSPS) is 43.3. The summed E-state index contributed by atoms with van der Waals surface area (Å²) in [5.74, 6) is 1.22. The fraction of sp³-hybridized carbons (Fsp3) is 0.600. The van der Waals surface area contributed by atoms with Gasteiger partial charge >= 0.3 is 5.97 Å². The van der Waals surface area contributed by atoms with Gasteiger partial charge in [-0.25, -0.2) is 0 Å². The molecule has 3 nitrogen and oxygen atoms in total. The third-order valence-electron chi connectivity index (χ3n) is 7.18. The van der Waals surface area contributed by atoms with Gasteiger partial charge in [-0.3, -0.25) is 9.59 Å². The minimum absolute atomic E-state index is 0.0438. The number of hydrogen-bond donors (Lipinski definition) is 0. The smallest absolute Gasteiger partial charge is 0.310 e. The number of ketones is 1. The summed E-state index contributed by atoms with van der Waals surface area (Å²) in [6, 6.07) is 8.61. The predicted octanol–water partition coefficient (Wildman–Crippen LogP) is 3.26. The van der Waals surface area contributed by atoms with E-state index >= 15 is 0 Å². The summed E-state index contributed by atoms with van der Waals surface area (Å²) in [5.41, 5.74) is 2.30. The van der Waals surface area contributed by atoms with E-state index in [0.717, 1.165) is 32.1 Å². The second-order valence-electron chi connectivity index (χ2n) is 7.96. The van der Waals surface area contributed by atoms with E-state index in [-0.39, 0.29) is 23.6 Å². The van der Waals surface area contributed by atoms with E-state index in [1.807, 2.05) is 0 Å². The number of fused-ring (bicyclic) bond motifs is 6. The van der Waals surface area contributed by atoms with Gasteiger partial charge in [-0.15, -0.1) is 0 Å². The highest BCUT2D eigenvalue weighted by Crippen LogP contribution is 2.65. The molecule has 3 aliphatic carbocycles. The van der Waals surface area contributed by atoms with Gasteiger partial charge in [0.2, 0.25) is 0 Å². The molecule has 2 bridgehead atoms. The molecule has 4 aliphatic rings. The topological polar surface area (TPSA) is 43.4 Å². The first kappa shape index (κ1) is 13.8. The molecule has 0 radical (unpaired) electrons. The molecule has 1 heterocycles. The Kier molecular flexibility index (Phi) is 2.67. The number of Topliss-reactive ketones (excluding diaryl/α,β-unsaturated/α-hetero) is 1. The van der Waals surface area contributed by atoms with Crippen molar-refractivity contribution in [1.29, 1.82) is 0 Å². The van der Waals surface area contributed by atoms with Gasteiger partial charge in [0.25, 0.3) is 0 Å². The van der Waals surface area contributed by atoms with Crippen LogP contribution in [-0.4, -0.2) is 17.4 Å². The van der Waals surface area contributed by atoms with E-state index < -0.39 is 5.60 Å². The number of benzene rings is 1. The second kappa shape index (κ2) is 4.46. The SMILES string of the molecule is CC(=O)[C@@H]1CC[C@H]2[C@@H]3CCc4ccccc4[C@H]3[C@H]3C[C@@]12OC3=O. The summed E-state index contributed by atoms with van der Waals surface area (Å²) in [6.45, 7) is 1.67. The Morgan fingerprint density at radius 3 is 2.87 bits per heavy atom. The maximum Gasteiger partial charge on any atom is 0.310 e. The van der Waals surface area contributed by atoms with Crippen LogP contribution in [0.4, 0.5) is 0 Å². The number of rotatable bonds is 1. The van der Waals surface area contributed by atoms with Crippen LogP contribution in [0.15, 0.2) is 24.3 Å². The number of hydrogen-bond acceptors (Lipinski definition) is 3. The molecule has 0 amide bonds. The lowest BCUT2D eigenvalue weighted by molar-refractivity contribution is -0.158. The predicted molar refractivity (Wildman–Crippen MR) is 84.8 cm³/mol. The third-order valence-corrected chi connectivity index (χ3v) is 7.18. The van der Waals surface area contributed by atoms with Crippen molar-refractivity contribution in [1.82, 2.24) is 0 Å². The molecule has 6 atom stereocenters. The monoisotopic (exact) mass is 310 g/mol. The molecule has 1 aliphatic heterocycles. The van der Waals surface area contributed by atoms with Crippen molar-refractivity contribution in [3.8, 4) is 0 Å². The maximum absolute atomic E-state index is 12.7. The maximum atomic E-state index is 12.7. The molecule has 3 fully saturated rings. The Morgan fingerprint density at radius 1 is 1.22 bits per heavy atom. The largest absolute Gasteiger partial charge is 0.458 e. The van der Waals surface area contributed by atoms with Crippen LogP contribution in [0.3, 0.4) is 0 Å². The molecule has 0 unspecified atom stereocenters. The minimum Gasteiger partial charge on any atom is -0.458 e. The summed E-state index contributed by atoms with van der Waals surface area (Å²) in [4.78, 5) is 24.8. The zero-order valence-corrected chi connectivity index (χ0v) is 13.5. The van der Waals surface area contributed by atoms with E-state index in [1.54, 1.807) is 6.92 Å². The van der Waals surface area contributed by atoms with Gasteiger partial charge in [-0.1, -0.05) is 24.3 Å². The second-order valence-corrected chi connectivity index (χ2v) is 7.96. The lowest BCUT2D eigenvalue weighted by Gasteiger charge is -2.47. The molecule has 2 saturated carbocycles. The zero-order valence-electron chi connectivity index (χ0n) is 13.5. The summed E-state index contributed by atoms with van der Waals surface area (Å²) in [5, 5.41) is 0. The standard InChI is InChI=1S/C20H22O3/c1-11(21)16-8-9-17-14-7-6-12-4-2-3-5-13(12)18(14)15-10-20(16,17)23-19(15)22/h2-5,14-18H,6-10H2,1H3/t14-,15+,16-,17-,18+,20+/m0/s1. The number of aryl methyl sites for hydroxylation is 1. The summed E-state index contributed by atoms with van der Waals surface area (Å²) < 4.78 is 6.02. The Balaban J connectivity index is 1.64. The van der Waals surface area contributed by atoms with Crippen molar-refractivity contribution < 1.29 is 14.3 Å². The van der Waals surface area contributed by atoms with Crippen LogP contribution in [0.25, 0.3) is 0 Å². The van der Waals surface area contributed by atoms with Crippen molar-refractivity contribution in [3.05, 3.63) is 35.4 Å². The molecule has 120 valence electrons. The van der Waals surface area contributed by atoms with E-state index in [9.17, 15) is 9.59 Å². The van der Waals surface area contributed by atoms with Gasteiger partial charge in [0.05, 0.1) is 11.8 Å². The van der Waals surface area contributed by atoms with E-state index in [1.165, 1.54) is 11.1 Å². The van der Waals surface area contributed by atoms with E-state index in [0.29, 0.717) is 17.8 Å². The molecular formula is C20H22O3. The Morgan fingerprint density at radius 2 is 2.04 bits per heavy atom. The first-order valence-electron chi connectivity index (χ1n) is 8.93. The third kappa shape index (κ3) is 1.61. The number of esters is 1. The van der Waals surface area contributed by atoms with Crippen molar-refractivity contribution >= 4 is 11.8 Å². The number of carbonyl (C=O) groups is 2. The van der Waals surface area contributed by atoms with Crippen molar-refractivity contribution in [2.24, 2.45) is 23.7 Å². The molecule has 0 N–H and O–H groups in total. The lowest BCUT2D eigenvalue weighted by atomic mass is 9.55. The minimum atomic E-state index is -0.471. The zero-order chi connectivity index (χ0) is 15.8. The van der Waals surface area contributed by atoms with Crippen molar-refractivity contribution in [3.63, 3.8) is 0 Å². The van der Waals surface area contributed by atoms with E-state index in [2.05, 4.69) is 24.3 Å². The molecule has 1 saturated heterocycles. The van der Waals surface area contributed by atoms with Gasteiger partial charge < -0.3 is 4.74 Å². The van der Waals surface area contributed by atoms with Gasteiger partial charge in [0.15, 0.2) is 0 Å². The quantitative estimate of drug-likeness (QED) is 0.748. The average molecular weight is 310 g/mol. The summed E-state index contributed by atoms with van der Waals surface area (Å²) in [6.07, 6.45) is 4.91. The number of ether oxygens (including phenoxy) is 1. The average Bonchev–Trinajstić information content (AvgIpc) is 3.06. The first-order chi connectivity index (χ1) is 11.1. The van der Waals surface area contributed by atoms with Gasteiger partial charge in [-0.05, 0) is 49.7 Å². The van der Waals surface area contributed by atoms with Gasteiger partial charge in [0, 0.05) is 18.3 Å². The molecule has 23 heavy (non-hydrogen) atoms. The molecule has 0 aromatic heterocycles. The molecule has 1 aromatic rings. The molecule has 1 aromatic carbocycles.